The summed E-state index contributed by atoms with van der Waals surface area (Å²) in [6.07, 6.45) is 3.27. The van der Waals surface area contributed by atoms with Gasteiger partial charge in [0.1, 0.15) is 23.5 Å². The lowest BCUT2D eigenvalue weighted by atomic mass is 10.0. The number of nitrogens with zero attached hydrogens (tertiary/aromatic N) is 7. The highest BCUT2D eigenvalue weighted by atomic mass is 19.4. The molecule has 0 unspecified atom stereocenters. The van der Waals surface area contributed by atoms with Crippen LogP contribution in [0.15, 0.2) is 43.0 Å². The Kier molecular flexibility index (Phi) is 5.90. The van der Waals surface area contributed by atoms with Crippen LogP contribution in [0.25, 0.3) is 22.8 Å². The Balaban J connectivity index is 1.23. The smallest absolute Gasteiger partial charge is 0.434 e. The predicted octanol–water partition coefficient (Wildman–Crippen LogP) is 5.86. The summed E-state index contributed by atoms with van der Waals surface area (Å²) in [6, 6.07) is 6.90. The Hall–Kier alpha value is -4.35. The number of alkyl halides is 3. The van der Waals surface area contributed by atoms with Gasteiger partial charge in [-0.15, -0.1) is 0 Å². The molecule has 3 aliphatic rings. The number of hydrogen-bond acceptors (Lipinski definition) is 7. The van der Waals surface area contributed by atoms with Crippen molar-refractivity contribution in [2.24, 2.45) is 0 Å². The number of rotatable bonds is 7. The molecule has 3 aromatic heterocycles. The second kappa shape index (κ2) is 9.33. The monoisotopic (exact) mass is 575 g/mol. The molecule has 1 aliphatic heterocycles. The van der Waals surface area contributed by atoms with Crippen molar-refractivity contribution in [1.29, 1.82) is 0 Å². The number of anilines is 1. The highest BCUT2D eigenvalue weighted by molar-refractivity contribution is 6.09. The summed E-state index contributed by atoms with van der Waals surface area (Å²) in [5.74, 6) is 1.90. The van der Waals surface area contributed by atoms with Crippen molar-refractivity contribution in [2.45, 2.75) is 69.6 Å². The topological polar surface area (TPSA) is 98.9 Å². The molecule has 0 radical (unpaired) electrons. The molecule has 4 aromatic rings. The van der Waals surface area contributed by atoms with Crippen LogP contribution in [0.2, 0.25) is 0 Å². The first-order valence-electron chi connectivity index (χ1n) is 13.9. The number of carbonyl (C=O) groups excluding carboxylic acids is 1. The van der Waals surface area contributed by atoms with Crippen LogP contribution >= 0.6 is 0 Å². The lowest BCUT2D eigenvalue weighted by Gasteiger charge is -2.18. The number of ether oxygens (including phenoxy) is 1. The number of carbonyl (C=O) groups is 1. The Morgan fingerprint density at radius 2 is 1.81 bits per heavy atom. The second-order valence-electron chi connectivity index (χ2n) is 11.5. The number of benzene rings is 1. The van der Waals surface area contributed by atoms with E-state index >= 15 is 0 Å². The lowest BCUT2D eigenvalue weighted by Crippen LogP contribution is -2.31. The first-order valence-corrected chi connectivity index (χ1v) is 13.9. The normalized spacial score (nSPS) is 17.3. The number of hydrogen-bond donors (Lipinski definition) is 0. The molecule has 7 rings (SSSR count). The van der Waals surface area contributed by atoms with Crippen LogP contribution in [-0.4, -0.2) is 42.5 Å². The summed E-state index contributed by atoms with van der Waals surface area (Å²) in [5, 5.41) is 0. The molecule has 0 N–H and O–H groups in total. The predicted molar refractivity (Wildman–Crippen MR) is 147 cm³/mol. The molecule has 1 spiro atoms. The summed E-state index contributed by atoms with van der Waals surface area (Å²) in [4.78, 5) is 37.6. The third-order valence-electron chi connectivity index (χ3n) is 8.30. The number of imidazole rings is 1. The zero-order chi connectivity index (χ0) is 29.4. The van der Waals surface area contributed by atoms with Gasteiger partial charge in [-0.25, -0.2) is 24.9 Å². The summed E-state index contributed by atoms with van der Waals surface area (Å²) in [7, 11) is 1.55. The molecule has 42 heavy (non-hydrogen) atoms. The molecule has 216 valence electrons. The zero-order valence-electron chi connectivity index (χ0n) is 23.3. The van der Waals surface area contributed by atoms with E-state index in [9.17, 15) is 18.0 Å². The van der Waals surface area contributed by atoms with Gasteiger partial charge in [0, 0.05) is 35.5 Å². The third-order valence-corrected chi connectivity index (χ3v) is 8.30. The van der Waals surface area contributed by atoms with Crippen LogP contribution in [0.5, 0.6) is 5.88 Å². The van der Waals surface area contributed by atoms with E-state index in [0.717, 1.165) is 48.7 Å². The van der Waals surface area contributed by atoms with Gasteiger partial charge in [-0.2, -0.15) is 13.2 Å². The number of fused-ring (bicyclic) bond motifs is 2. The summed E-state index contributed by atoms with van der Waals surface area (Å²) >= 11 is 0. The third kappa shape index (κ3) is 4.23. The fraction of sp³-hybridized carbons (Fsp3) is 0.400. The van der Waals surface area contributed by atoms with Gasteiger partial charge < -0.3 is 9.30 Å². The van der Waals surface area contributed by atoms with Crippen molar-refractivity contribution >= 4 is 11.7 Å². The van der Waals surface area contributed by atoms with Crippen molar-refractivity contribution in [1.82, 2.24) is 29.5 Å². The van der Waals surface area contributed by atoms with E-state index in [4.69, 9.17) is 9.72 Å². The van der Waals surface area contributed by atoms with Gasteiger partial charge in [0.25, 0.3) is 0 Å². The lowest BCUT2D eigenvalue weighted by molar-refractivity contribution is -0.140. The van der Waals surface area contributed by atoms with E-state index in [-0.39, 0.29) is 24.3 Å². The SMILES string of the molecule is COc1ncnc(C2CC2)c1-c1ncc2c(n1)N(Cc1ccc(-c3nc(C(F)(F)F)cn3C(C)C)cc1)C(=O)C21CC1. The summed E-state index contributed by atoms with van der Waals surface area (Å²) in [5.41, 5.74) is 2.17. The number of halogens is 3. The Morgan fingerprint density at radius 1 is 1.07 bits per heavy atom. The molecule has 4 heterocycles. The maximum atomic E-state index is 13.7. The Bertz CT molecular complexity index is 1710. The molecule has 2 saturated carbocycles. The van der Waals surface area contributed by atoms with Crippen molar-refractivity contribution < 1.29 is 22.7 Å². The van der Waals surface area contributed by atoms with Crippen LogP contribution in [0, 0.1) is 0 Å². The maximum Gasteiger partial charge on any atom is 0.434 e. The molecular weight excluding hydrogens is 547 g/mol. The summed E-state index contributed by atoms with van der Waals surface area (Å²) < 4.78 is 47.2. The minimum Gasteiger partial charge on any atom is -0.480 e. The highest BCUT2D eigenvalue weighted by Crippen LogP contribution is 2.57. The fourth-order valence-corrected chi connectivity index (χ4v) is 5.75. The van der Waals surface area contributed by atoms with Gasteiger partial charge in [-0.05, 0) is 45.1 Å². The number of amides is 1. The van der Waals surface area contributed by atoms with E-state index < -0.39 is 17.3 Å². The Labute approximate surface area is 239 Å². The van der Waals surface area contributed by atoms with E-state index in [2.05, 4.69) is 19.9 Å². The fourth-order valence-electron chi connectivity index (χ4n) is 5.75. The molecule has 2 aliphatic carbocycles. The minimum absolute atomic E-state index is 0.0168. The largest absolute Gasteiger partial charge is 0.480 e. The molecule has 1 aromatic carbocycles. The van der Waals surface area contributed by atoms with Crippen molar-refractivity contribution in [3.05, 3.63) is 65.5 Å². The van der Waals surface area contributed by atoms with Crippen LogP contribution in [0.4, 0.5) is 19.0 Å². The standard InChI is InChI=1S/C30H28F3N7O2/c1-16(2)39-14-21(30(31,32)33)37-25(39)19-6-4-17(5-7-19)13-40-26-20(29(10-11-29)28(40)41)12-34-24(38-26)22-23(18-8-9-18)35-15-36-27(22)42-3/h4-7,12,14-16,18H,8-11,13H2,1-3H3. The van der Waals surface area contributed by atoms with Gasteiger partial charge in [0.2, 0.25) is 11.8 Å². The molecule has 1 amide bonds. The number of aromatic nitrogens is 6. The molecule has 12 heteroatoms. The van der Waals surface area contributed by atoms with Gasteiger partial charge in [0.15, 0.2) is 11.5 Å². The maximum absolute atomic E-state index is 13.7. The van der Waals surface area contributed by atoms with Gasteiger partial charge in [-0.1, -0.05) is 24.3 Å². The van der Waals surface area contributed by atoms with Gasteiger partial charge in [0.05, 0.1) is 24.8 Å². The van der Waals surface area contributed by atoms with E-state index in [1.165, 1.54) is 10.9 Å². The molecule has 0 bridgehead atoms. The second-order valence-corrected chi connectivity index (χ2v) is 11.5. The number of methoxy groups -OCH3 is 1. The Morgan fingerprint density at radius 3 is 2.43 bits per heavy atom. The molecular formula is C30H28F3N7O2. The minimum atomic E-state index is -4.53. The van der Waals surface area contributed by atoms with Crippen LogP contribution in [-0.2, 0) is 22.9 Å². The van der Waals surface area contributed by atoms with Crippen LogP contribution in [0.3, 0.4) is 0 Å². The average molecular weight is 576 g/mol. The summed E-state index contributed by atoms with van der Waals surface area (Å²) in [6.45, 7) is 3.88. The highest BCUT2D eigenvalue weighted by Gasteiger charge is 2.60. The van der Waals surface area contributed by atoms with Gasteiger partial charge in [-0.3, -0.25) is 9.69 Å². The molecule has 9 nitrogen and oxygen atoms in total. The average Bonchev–Trinajstić information content (AvgIpc) is 3.90. The first-order chi connectivity index (χ1) is 20.1. The first kappa shape index (κ1) is 26.5. The van der Waals surface area contributed by atoms with E-state index in [1.807, 2.05) is 26.0 Å². The van der Waals surface area contributed by atoms with E-state index in [1.54, 1.807) is 30.3 Å². The van der Waals surface area contributed by atoms with Crippen molar-refractivity contribution in [3.63, 3.8) is 0 Å². The van der Waals surface area contributed by atoms with Crippen molar-refractivity contribution in [3.8, 4) is 28.7 Å². The van der Waals surface area contributed by atoms with E-state index in [0.29, 0.717) is 34.6 Å². The molecule has 2 fully saturated rings. The van der Waals surface area contributed by atoms with Crippen LogP contribution in [0.1, 0.15) is 74.0 Å². The molecule has 0 saturated heterocycles. The zero-order valence-corrected chi connectivity index (χ0v) is 23.3. The van der Waals surface area contributed by atoms with Crippen LogP contribution < -0.4 is 9.64 Å². The van der Waals surface area contributed by atoms with Crippen molar-refractivity contribution in [2.75, 3.05) is 12.0 Å². The quantitative estimate of drug-likeness (QED) is 0.272. The van der Waals surface area contributed by atoms with Gasteiger partial charge >= 0.3 is 6.18 Å². The molecule has 0 atom stereocenters.